The smallest absolute Gasteiger partial charge is 0.252 e. The summed E-state index contributed by atoms with van der Waals surface area (Å²) in [4.78, 5) is 20.4. The monoisotopic (exact) mass is 299 g/mol. The van der Waals surface area contributed by atoms with Crippen LogP contribution >= 0.6 is 0 Å². The number of anilines is 1. The second-order valence-corrected chi connectivity index (χ2v) is 5.48. The van der Waals surface area contributed by atoms with Crippen molar-refractivity contribution < 1.29 is 0 Å². The summed E-state index contributed by atoms with van der Waals surface area (Å²) in [5, 5.41) is 6.48. The minimum Gasteiger partial charge on any atom is -0.352 e. The van der Waals surface area contributed by atoms with Crippen LogP contribution in [0.1, 0.15) is 11.1 Å². The van der Waals surface area contributed by atoms with Gasteiger partial charge in [-0.15, -0.1) is 0 Å². The van der Waals surface area contributed by atoms with E-state index in [2.05, 4.69) is 49.8 Å². The molecule has 6 heteroatoms. The van der Waals surface area contributed by atoms with E-state index >= 15 is 0 Å². The highest BCUT2D eigenvalue weighted by molar-refractivity contribution is 5.28. The number of aromatic nitrogens is 2. The van der Waals surface area contributed by atoms with Crippen LogP contribution in [0.25, 0.3) is 0 Å². The number of rotatable bonds is 5. The number of aromatic amines is 1. The molecule has 3 rings (SSSR count). The molecule has 116 valence electrons. The Morgan fingerprint density at radius 3 is 2.55 bits per heavy atom. The SMILES string of the molecule is O=c1ccnc(NCc2ccc(CN3CCNCC3)cc2)[nH]1. The van der Waals surface area contributed by atoms with Crippen molar-refractivity contribution >= 4 is 5.95 Å². The van der Waals surface area contributed by atoms with Gasteiger partial charge in [0.15, 0.2) is 0 Å². The molecule has 22 heavy (non-hydrogen) atoms. The van der Waals surface area contributed by atoms with Crippen LogP contribution < -0.4 is 16.2 Å². The summed E-state index contributed by atoms with van der Waals surface area (Å²) in [5.74, 6) is 0.498. The second-order valence-electron chi connectivity index (χ2n) is 5.48. The molecule has 1 aliphatic rings. The molecule has 0 aliphatic carbocycles. The van der Waals surface area contributed by atoms with Crippen LogP contribution in [0.4, 0.5) is 5.95 Å². The van der Waals surface area contributed by atoms with Crippen LogP contribution in [-0.4, -0.2) is 41.0 Å². The first-order chi connectivity index (χ1) is 10.8. The summed E-state index contributed by atoms with van der Waals surface area (Å²) in [6.45, 7) is 6.01. The zero-order valence-corrected chi connectivity index (χ0v) is 12.5. The van der Waals surface area contributed by atoms with E-state index in [1.54, 1.807) is 0 Å². The fraction of sp³-hybridized carbons (Fsp3) is 0.375. The largest absolute Gasteiger partial charge is 0.352 e. The maximum atomic E-state index is 11.2. The molecule has 6 nitrogen and oxygen atoms in total. The van der Waals surface area contributed by atoms with E-state index in [-0.39, 0.29) is 5.56 Å². The van der Waals surface area contributed by atoms with Gasteiger partial charge in [0.25, 0.3) is 5.56 Å². The van der Waals surface area contributed by atoms with Crippen LogP contribution in [0.15, 0.2) is 41.3 Å². The number of hydrogen-bond donors (Lipinski definition) is 3. The number of H-pyrrole nitrogens is 1. The molecule has 0 unspecified atom stereocenters. The number of nitrogens with one attached hydrogen (secondary N) is 3. The third-order valence-corrected chi connectivity index (χ3v) is 3.77. The van der Waals surface area contributed by atoms with Gasteiger partial charge >= 0.3 is 0 Å². The lowest BCUT2D eigenvalue weighted by atomic mass is 10.1. The number of nitrogens with zero attached hydrogens (tertiary/aromatic N) is 2. The molecule has 1 saturated heterocycles. The van der Waals surface area contributed by atoms with Gasteiger partial charge in [0.2, 0.25) is 5.95 Å². The minimum absolute atomic E-state index is 0.149. The van der Waals surface area contributed by atoms with E-state index in [4.69, 9.17) is 0 Å². The first-order valence-electron chi connectivity index (χ1n) is 7.60. The summed E-state index contributed by atoms with van der Waals surface area (Å²) >= 11 is 0. The molecule has 0 spiro atoms. The normalized spacial score (nSPS) is 15.6. The highest BCUT2D eigenvalue weighted by atomic mass is 16.1. The average Bonchev–Trinajstić information content (AvgIpc) is 2.55. The molecule has 2 aromatic rings. The van der Waals surface area contributed by atoms with E-state index < -0.39 is 0 Å². The zero-order chi connectivity index (χ0) is 15.2. The average molecular weight is 299 g/mol. The Labute approximate surface area is 129 Å². The lowest BCUT2D eigenvalue weighted by molar-refractivity contribution is 0.233. The third-order valence-electron chi connectivity index (χ3n) is 3.77. The number of piperazine rings is 1. The van der Waals surface area contributed by atoms with Crippen molar-refractivity contribution in [3.05, 3.63) is 58.0 Å². The van der Waals surface area contributed by atoms with E-state index in [9.17, 15) is 4.79 Å². The van der Waals surface area contributed by atoms with Crippen LogP contribution in [0.5, 0.6) is 0 Å². The molecule has 1 aromatic heterocycles. The second kappa shape index (κ2) is 7.20. The molecular weight excluding hydrogens is 278 g/mol. The summed E-state index contributed by atoms with van der Waals surface area (Å²) in [6, 6.07) is 9.97. The van der Waals surface area contributed by atoms with Crippen molar-refractivity contribution in [3.63, 3.8) is 0 Å². The van der Waals surface area contributed by atoms with Crippen LogP contribution in [0, 0.1) is 0 Å². The quantitative estimate of drug-likeness (QED) is 0.761. The first kappa shape index (κ1) is 14.7. The highest BCUT2D eigenvalue weighted by Gasteiger charge is 2.09. The van der Waals surface area contributed by atoms with Crippen molar-refractivity contribution in [3.8, 4) is 0 Å². The molecule has 2 heterocycles. The maximum absolute atomic E-state index is 11.2. The Balaban J connectivity index is 1.53. The van der Waals surface area contributed by atoms with Gasteiger partial charge < -0.3 is 10.6 Å². The van der Waals surface area contributed by atoms with Gasteiger partial charge in [-0.3, -0.25) is 14.7 Å². The fourth-order valence-electron chi connectivity index (χ4n) is 2.54. The molecule has 0 atom stereocenters. The van der Waals surface area contributed by atoms with E-state index in [1.165, 1.54) is 17.8 Å². The molecular formula is C16H21N5O. The Hall–Kier alpha value is -2.18. The molecule has 0 bridgehead atoms. The summed E-state index contributed by atoms with van der Waals surface area (Å²) in [7, 11) is 0. The molecule has 1 aromatic carbocycles. The highest BCUT2D eigenvalue weighted by Crippen LogP contribution is 2.09. The van der Waals surface area contributed by atoms with E-state index in [0.717, 1.165) is 38.3 Å². The van der Waals surface area contributed by atoms with Gasteiger partial charge in [-0.05, 0) is 11.1 Å². The van der Waals surface area contributed by atoms with Gasteiger partial charge in [0, 0.05) is 51.5 Å². The van der Waals surface area contributed by atoms with E-state index in [0.29, 0.717) is 12.5 Å². The van der Waals surface area contributed by atoms with Gasteiger partial charge in [-0.25, -0.2) is 4.98 Å². The fourth-order valence-corrected chi connectivity index (χ4v) is 2.54. The van der Waals surface area contributed by atoms with Crippen LogP contribution in [0.3, 0.4) is 0 Å². The first-order valence-corrected chi connectivity index (χ1v) is 7.60. The predicted molar refractivity (Wildman–Crippen MR) is 86.8 cm³/mol. The molecule has 1 aliphatic heterocycles. The van der Waals surface area contributed by atoms with Crippen molar-refractivity contribution in [1.82, 2.24) is 20.2 Å². The molecule has 0 amide bonds. The molecule has 0 radical (unpaired) electrons. The van der Waals surface area contributed by atoms with Gasteiger partial charge in [0.05, 0.1) is 0 Å². The zero-order valence-electron chi connectivity index (χ0n) is 12.5. The van der Waals surface area contributed by atoms with E-state index in [1.807, 2.05) is 0 Å². The topological polar surface area (TPSA) is 73.1 Å². The Morgan fingerprint density at radius 2 is 1.82 bits per heavy atom. The van der Waals surface area contributed by atoms with Crippen LogP contribution in [-0.2, 0) is 13.1 Å². The van der Waals surface area contributed by atoms with Gasteiger partial charge in [0.1, 0.15) is 0 Å². The summed E-state index contributed by atoms with van der Waals surface area (Å²) in [5.41, 5.74) is 2.34. The standard InChI is InChI=1S/C16H21N5O/c22-15-5-6-18-16(20-15)19-11-13-1-3-14(4-2-13)12-21-9-7-17-8-10-21/h1-6,17H,7-12H2,(H2,18,19,20,22). The molecule has 1 fully saturated rings. The van der Waals surface area contributed by atoms with Crippen LogP contribution in [0.2, 0.25) is 0 Å². The van der Waals surface area contributed by atoms with Gasteiger partial charge in [-0.2, -0.15) is 0 Å². The van der Waals surface area contributed by atoms with Crippen molar-refractivity contribution in [2.24, 2.45) is 0 Å². The lowest BCUT2D eigenvalue weighted by Crippen LogP contribution is -2.42. The third kappa shape index (κ3) is 4.16. The minimum atomic E-state index is -0.149. The Bertz CT molecular complexity index is 646. The molecule has 3 N–H and O–H groups in total. The number of benzene rings is 1. The van der Waals surface area contributed by atoms with Crippen molar-refractivity contribution in [1.29, 1.82) is 0 Å². The predicted octanol–water partition coefficient (Wildman–Crippen LogP) is 0.787. The number of hydrogen-bond acceptors (Lipinski definition) is 5. The summed E-state index contributed by atoms with van der Waals surface area (Å²) in [6.07, 6.45) is 1.50. The lowest BCUT2D eigenvalue weighted by Gasteiger charge is -2.27. The molecule has 0 saturated carbocycles. The van der Waals surface area contributed by atoms with Crippen molar-refractivity contribution in [2.75, 3.05) is 31.5 Å². The van der Waals surface area contributed by atoms with Crippen molar-refractivity contribution in [2.45, 2.75) is 13.1 Å². The summed E-state index contributed by atoms with van der Waals surface area (Å²) < 4.78 is 0. The Morgan fingerprint density at radius 1 is 1.09 bits per heavy atom. The van der Waals surface area contributed by atoms with Gasteiger partial charge in [-0.1, -0.05) is 24.3 Å². The maximum Gasteiger partial charge on any atom is 0.252 e. The Kier molecular flexibility index (Phi) is 4.82.